The summed E-state index contributed by atoms with van der Waals surface area (Å²) in [5.74, 6) is -1.42. The number of rotatable bonds is 5. The van der Waals surface area contributed by atoms with Crippen molar-refractivity contribution in [3.8, 4) is 11.5 Å². The van der Waals surface area contributed by atoms with Gasteiger partial charge in [0.2, 0.25) is 0 Å². The molecule has 0 aromatic heterocycles. The Kier molecular flexibility index (Phi) is 5.45. The van der Waals surface area contributed by atoms with Gasteiger partial charge in [0.15, 0.2) is 11.5 Å². The lowest BCUT2D eigenvalue weighted by Crippen LogP contribution is -2.18. The van der Waals surface area contributed by atoms with E-state index >= 15 is 0 Å². The molecule has 1 N–H and O–H groups in total. The average Bonchev–Trinajstić information content (AvgIpc) is 2.54. The summed E-state index contributed by atoms with van der Waals surface area (Å²) >= 11 is 0. The molecule has 0 radical (unpaired) electrons. The van der Waals surface area contributed by atoms with E-state index in [9.17, 15) is 26.7 Å². The van der Waals surface area contributed by atoms with Crippen molar-refractivity contribution in [2.24, 2.45) is 0 Å². The summed E-state index contributed by atoms with van der Waals surface area (Å²) in [5, 5.41) is 2.22. The van der Waals surface area contributed by atoms with Crippen molar-refractivity contribution in [3.05, 3.63) is 53.6 Å². The van der Waals surface area contributed by atoms with Gasteiger partial charge in [-0.15, -0.1) is 0 Å². The van der Waals surface area contributed by atoms with Gasteiger partial charge in [-0.05, 0) is 24.3 Å². The second kappa shape index (κ2) is 7.37. The molecule has 0 spiro atoms. The molecule has 25 heavy (non-hydrogen) atoms. The van der Waals surface area contributed by atoms with Crippen LogP contribution in [-0.2, 0) is 6.18 Å². The molecular weight excluding hydrogens is 349 g/mol. The molecule has 2 aromatic rings. The van der Waals surface area contributed by atoms with E-state index in [1.54, 1.807) is 0 Å². The number of benzene rings is 2. The fourth-order valence-corrected chi connectivity index (χ4v) is 2.07. The van der Waals surface area contributed by atoms with Gasteiger partial charge in [0.25, 0.3) is 5.91 Å². The molecule has 2 rings (SSSR count). The molecular formula is C16H12F5NO3. The zero-order valence-electron chi connectivity index (χ0n) is 12.7. The minimum atomic E-state index is -4.71. The maximum absolute atomic E-state index is 13.0. The summed E-state index contributed by atoms with van der Waals surface area (Å²) < 4.78 is 72.7. The van der Waals surface area contributed by atoms with E-state index in [4.69, 9.17) is 4.74 Å². The van der Waals surface area contributed by atoms with E-state index in [0.717, 1.165) is 24.3 Å². The maximum atomic E-state index is 13.0. The van der Waals surface area contributed by atoms with Crippen LogP contribution in [0.15, 0.2) is 42.5 Å². The van der Waals surface area contributed by atoms with Crippen LogP contribution >= 0.6 is 0 Å². The summed E-state index contributed by atoms with van der Waals surface area (Å²) in [6.07, 6.45) is -4.71. The molecule has 0 fully saturated rings. The summed E-state index contributed by atoms with van der Waals surface area (Å²) in [7, 11) is 1.23. The van der Waals surface area contributed by atoms with Crippen LogP contribution in [-0.4, -0.2) is 19.6 Å². The Bertz CT molecular complexity index is 762. The molecule has 134 valence electrons. The number of carbonyl (C=O) groups excluding carboxylic acids is 1. The van der Waals surface area contributed by atoms with Gasteiger partial charge in [-0.1, -0.05) is 12.1 Å². The third-order valence-electron chi connectivity index (χ3n) is 3.11. The SMILES string of the molecule is COc1ccc(NC(=O)c2ccccc2C(F)(F)F)cc1OC(F)F. The van der Waals surface area contributed by atoms with Gasteiger partial charge in [-0.3, -0.25) is 4.79 Å². The predicted octanol–water partition coefficient (Wildman–Crippen LogP) is 4.57. The number of hydrogen-bond donors (Lipinski definition) is 1. The van der Waals surface area contributed by atoms with E-state index < -0.39 is 29.8 Å². The number of methoxy groups -OCH3 is 1. The van der Waals surface area contributed by atoms with Gasteiger partial charge in [0.05, 0.1) is 18.2 Å². The first-order chi connectivity index (χ1) is 11.7. The number of anilines is 1. The van der Waals surface area contributed by atoms with Crippen LogP contribution in [0, 0.1) is 0 Å². The van der Waals surface area contributed by atoms with Crippen LogP contribution in [0.25, 0.3) is 0 Å². The number of nitrogens with one attached hydrogen (secondary N) is 1. The normalized spacial score (nSPS) is 11.3. The molecule has 0 saturated heterocycles. The molecule has 0 unspecified atom stereocenters. The number of alkyl halides is 5. The minimum absolute atomic E-state index is 0.0195. The Balaban J connectivity index is 2.30. The molecule has 0 atom stereocenters. The first-order valence-electron chi connectivity index (χ1n) is 6.83. The Hall–Kier alpha value is -2.84. The summed E-state index contributed by atoms with van der Waals surface area (Å²) in [5.41, 5.74) is -1.73. The number of hydrogen-bond acceptors (Lipinski definition) is 3. The van der Waals surface area contributed by atoms with Crippen molar-refractivity contribution in [2.75, 3.05) is 12.4 Å². The molecule has 0 aliphatic carbocycles. The summed E-state index contributed by atoms with van der Waals surface area (Å²) in [6.45, 7) is -3.13. The van der Waals surface area contributed by atoms with Crippen LogP contribution in [0.5, 0.6) is 11.5 Å². The Morgan fingerprint density at radius 3 is 2.36 bits per heavy atom. The lowest BCUT2D eigenvalue weighted by Gasteiger charge is -2.14. The average molecular weight is 361 g/mol. The molecule has 4 nitrogen and oxygen atoms in total. The molecule has 0 saturated carbocycles. The second-order valence-electron chi connectivity index (χ2n) is 4.74. The Labute approximate surface area is 139 Å². The highest BCUT2D eigenvalue weighted by Gasteiger charge is 2.34. The van der Waals surface area contributed by atoms with E-state index in [1.165, 1.54) is 25.3 Å². The van der Waals surface area contributed by atoms with Gasteiger partial charge in [0, 0.05) is 11.8 Å². The third kappa shape index (κ3) is 4.59. The first-order valence-corrected chi connectivity index (χ1v) is 6.83. The van der Waals surface area contributed by atoms with Gasteiger partial charge in [-0.2, -0.15) is 22.0 Å². The highest BCUT2D eigenvalue weighted by molar-refractivity contribution is 6.05. The predicted molar refractivity (Wildman–Crippen MR) is 79.0 cm³/mol. The van der Waals surface area contributed by atoms with Crippen molar-refractivity contribution >= 4 is 11.6 Å². The highest BCUT2D eigenvalue weighted by Crippen LogP contribution is 2.34. The molecule has 1 amide bonds. The largest absolute Gasteiger partial charge is 0.493 e. The van der Waals surface area contributed by atoms with Crippen LogP contribution in [0.1, 0.15) is 15.9 Å². The van der Waals surface area contributed by atoms with Crippen LogP contribution in [0.3, 0.4) is 0 Å². The Morgan fingerprint density at radius 1 is 1.08 bits per heavy atom. The van der Waals surface area contributed by atoms with Crippen molar-refractivity contribution in [1.29, 1.82) is 0 Å². The van der Waals surface area contributed by atoms with E-state index in [2.05, 4.69) is 10.1 Å². The smallest absolute Gasteiger partial charge is 0.417 e. The number of halogens is 5. The fraction of sp³-hybridized carbons (Fsp3) is 0.188. The zero-order chi connectivity index (χ0) is 18.6. The van der Waals surface area contributed by atoms with E-state index in [1.807, 2.05) is 0 Å². The molecule has 0 heterocycles. The minimum Gasteiger partial charge on any atom is -0.493 e. The highest BCUT2D eigenvalue weighted by atomic mass is 19.4. The lowest BCUT2D eigenvalue weighted by molar-refractivity contribution is -0.137. The summed E-state index contributed by atoms with van der Waals surface area (Å²) in [4.78, 5) is 12.1. The van der Waals surface area contributed by atoms with E-state index in [-0.39, 0.29) is 17.2 Å². The van der Waals surface area contributed by atoms with E-state index in [0.29, 0.717) is 0 Å². The topological polar surface area (TPSA) is 47.6 Å². The fourth-order valence-electron chi connectivity index (χ4n) is 2.07. The van der Waals surface area contributed by atoms with Crippen LogP contribution in [0.2, 0.25) is 0 Å². The monoisotopic (exact) mass is 361 g/mol. The molecule has 0 bridgehead atoms. The molecule has 2 aromatic carbocycles. The molecule has 0 aliphatic heterocycles. The van der Waals surface area contributed by atoms with Crippen LogP contribution < -0.4 is 14.8 Å². The van der Waals surface area contributed by atoms with Crippen molar-refractivity contribution in [1.82, 2.24) is 0 Å². The van der Waals surface area contributed by atoms with Gasteiger partial charge in [0.1, 0.15) is 0 Å². The standard InChI is InChI=1S/C16H12F5NO3/c1-24-12-7-6-9(8-13(12)25-15(17)18)22-14(23)10-4-2-3-5-11(10)16(19,20)21/h2-8,15H,1H3,(H,22,23). The van der Waals surface area contributed by atoms with Crippen molar-refractivity contribution in [2.45, 2.75) is 12.8 Å². The number of amides is 1. The van der Waals surface area contributed by atoms with Gasteiger partial charge < -0.3 is 14.8 Å². The van der Waals surface area contributed by atoms with Crippen molar-refractivity contribution in [3.63, 3.8) is 0 Å². The second-order valence-corrected chi connectivity index (χ2v) is 4.74. The Morgan fingerprint density at radius 2 is 1.76 bits per heavy atom. The summed E-state index contributed by atoms with van der Waals surface area (Å²) in [6, 6.07) is 7.77. The first kappa shape index (κ1) is 18.5. The quantitative estimate of drug-likeness (QED) is 0.794. The zero-order valence-corrected chi connectivity index (χ0v) is 12.7. The molecule has 0 aliphatic rings. The number of carbonyl (C=O) groups is 1. The van der Waals surface area contributed by atoms with Crippen molar-refractivity contribution < 1.29 is 36.2 Å². The van der Waals surface area contributed by atoms with Gasteiger partial charge in [-0.25, -0.2) is 0 Å². The van der Waals surface area contributed by atoms with Crippen LogP contribution in [0.4, 0.5) is 27.6 Å². The maximum Gasteiger partial charge on any atom is 0.417 e. The molecule has 9 heteroatoms. The van der Waals surface area contributed by atoms with Gasteiger partial charge >= 0.3 is 12.8 Å². The number of ether oxygens (including phenoxy) is 2. The lowest BCUT2D eigenvalue weighted by atomic mass is 10.1. The third-order valence-corrected chi connectivity index (χ3v) is 3.11.